The van der Waals surface area contributed by atoms with E-state index in [0.29, 0.717) is 26.2 Å². The van der Waals surface area contributed by atoms with Crippen molar-refractivity contribution in [3.8, 4) is 0 Å². The Morgan fingerprint density at radius 2 is 1.60 bits per heavy atom. The maximum atomic E-state index is 12.6. The number of halogens is 1. The summed E-state index contributed by atoms with van der Waals surface area (Å²) in [5, 5.41) is 0. The SMILES string of the molecule is Cc1ccc(C(=O)N2CCN(C(=O)C3CCCC(N)C3)CC2)cc1.Cl. The fourth-order valence-corrected chi connectivity index (χ4v) is 3.72. The molecule has 2 N–H and O–H groups in total. The van der Waals surface area contributed by atoms with Crippen molar-refractivity contribution in [2.24, 2.45) is 11.7 Å². The Kier molecular flexibility index (Phi) is 6.85. The second-order valence-corrected chi connectivity index (χ2v) is 7.11. The minimum Gasteiger partial charge on any atom is -0.339 e. The highest BCUT2D eigenvalue weighted by molar-refractivity contribution is 5.94. The van der Waals surface area contributed by atoms with Crippen molar-refractivity contribution >= 4 is 24.2 Å². The molecular formula is C19H28ClN3O2. The van der Waals surface area contributed by atoms with Gasteiger partial charge in [-0.15, -0.1) is 12.4 Å². The Labute approximate surface area is 155 Å². The lowest BCUT2D eigenvalue weighted by Crippen LogP contribution is -2.52. The van der Waals surface area contributed by atoms with Crippen LogP contribution in [0.1, 0.15) is 41.6 Å². The monoisotopic (exact) mass is 365 g/mol. The highest BCUT2D eigenvalue weighted by Crippen LogP contribution is 2.25. The van der Waals surface area contributed by atoms with Gasteiger partial charge in [0.2, 0.25) is 5.91 Å². The van der Waals surface area contributed by atoms with Crippen molar-refractivity contribution in [1.29, 1.82) is 0 Å². The second kappa shape index (κ2) is 8.68. The van der Waals surface area contributed by atoms with E-state index in [2.05, 4.69) is 0 Å². The van der Waals surface area contributed by atoms with Gasteiger partial charge in [-0.25, -0.2) is 0 Å². The summed E-state index contributed by atoms with van der Waals surface area (Å²) in [5.74, 6) is 0.363. The highest BCUT2D eigenvalue weighted by atomic mass is 35.5. The number of hydrogen-bond donors (Lipinski definition) is 1. The summed E-state index contributed by atoms with van der Waals surface area (Å²) in [6, 6.07) is 7.83. The van der Waals surface area contributed by atoms with Crippen molar-refractivity contribution in [2.45, 2.75) is 38.6 Å². The van der Waals surface area contributed by atoms with E-state index in [4.69, 9.17) is 5.73 Å². The van der Waals surface area contributed by atoms with E-state index < -0.39 is 0 Å². The van der Waals surface area contributed by atoms with Crippen LogP contribution in [-0.4, -0.2) is 53.8 Å². The predicted molar refractivity (Wildman–Crippen MR) is 101 cm³/mol. The molecule has 138 valence electrons. The molecule has 1 aromatic carbocycles. The first kappa shape index (κ1) is 19.7. The zero-order valence-corrected chi connectivity index (χ0v) is 15.6. The lowest BCUT2D eigenvalue weighted by Gasteiger charge is -2.37. The van der Waals surface area contributed by atoms with E-state index >= 15 is 0 Å². The van der Waals surface area contributed by atoms with Gasteiger partial charge in [-0.05, 0) is 38.3 Å². The van der Waals surface area contributed by atoms with Gasteiger partial charge in [-0.3, -0.25) is 9.59 Å². The lowest BCUT2D eigenvalue weighted by atomic mass is 9.85. The molecule has 0 radical (unpaired) electrons. The fraction of sp³-hybridized carbons (Fsp3) is 0.579. The van der Waals surface area contributed by atoms with Gasteiger partial charge in [0.1, 0.15) is 0 Å². The number of hydrogen-bond acceptors (Lipinski definition) is 3. The van der Waals surface area contributed by atoms with Crippen LogP contribution in [0, 0.1) is 12.8 Å². The van der Waals surface area contributed by atoms with Gasteiger partial charge >= 0.3 is 0 Å². The predicted octanol–water partition coefficient (Wildman–Crippen LogP) is 2.22. The molecule has 2 unspecified atom stereocenters. The number of carbonyl (C=O) groups is 2. The number of nitrogens with two attached hydrogens (primary N) is 1. The maximum absolute atomic E-state index is 12.6. The Bertz CT molecular complexity index is 597. The standard InChI is InChI=1S/C19H27N3O2.ClH/c1-14-5-7-15(8-6-14)18(23)21-9-11-22(12-10-21)19(24)16-3-2-4-17(20)13-16;/h5-8,16-17H,2-4,9-13,20H2,1H3;1H. The average molecular weight is 366 g/mol. The molecule has 0 aromatic heterocycles. The Morgan fingerprint density at radius 1 is 1.00 bits per heavy atom. The molecule has 2 aliphatic rings. The van der Waals surface area contributed by atoms with E-state index in [1.54, 1.807) is 0 Å². The first-order valence-electron chi connectivity index (χ1n) is 8.95. The van der Waals surface area contributed by atoms with Gasteiger partial charge in [0.15, 0.2) is 0 Å². The summed E-state index contributed by atoms with van der Waals surface area (Å²) in [4.78, 5) is 29.0. The van der Waals surface area contributed by atoms with Crippen LogP contribution in [0.5, 0.6) is 0 Å². The molecule has 5 nitrogen and oxygen atoms in total. The zero-order chi connectivity index (χ0) is 17.1. The van der Waals surface area contributed by atoms with E-state index in [-0.39, 0.29) is 36.2 Å². The third-order valence-electron chi connectivity index (χ3n) is 5.24. The van der Waals surface area contributed by atoms with Crippen molar-refractivity contribution in [3.63, 3.8) is 0 Å². The van der Waals surface area contributed by atoms with Crippen LogP contribution in [0.4, 0.5) is 0 Å². The number of amides is 2. The fourth-order valence-electron chi connectivity index (χ4n) is 3.72. The van der Waals surface area contributed by atoms with Crippen LogP contribution in [-0.2, 0) is 4.79 Å². The van der Waals surface area contributed by atoms with Gasteiger partial charge in [0, 0.05) is 43.7 Å². The first-order valence-corrected chi connectivity index (χ1v) is 8.95. The minimum atomic E-state index is 0. The number of carbonyl (C=O) groups excluding carboxylic acids is 2. The summed E-state index contributed by atoms with van der Waals surface area (Å²) in [6.07, 6.45) is 3.84. The van der Waals surface area contributed by atoms with E-state index in [0.717, 1.165) is 36.8 Å². The van der Waals surface area contributed by atoms with Gasteiger partial charge in [0.25, 0.3) is 5.91 Å². The normalized spacial score (nSPS) is 23.8. The quantitative estimate of drug-likeness (QED) is 0.873. The zero-order valence-electron chi connectivity index (χ0n) is 14.8. The number of benzene rings is 1. The smallest absolute Gasteiger partial charge is 0.253 e. The molecule has 2 atom stereocenters. The molecule has 2 amide bonds. The van der Waals surface area contributed by atoms with Crippen molar-refractivity contribution < 1.29 is 9.59 Å². The summed E-state index contributed by atoms with van der Waals surface area (Å²) in [6.45, 7) is 4.48. The van der Waals surface area contributed by atoms with Crippen molar-refractivity contribution in [2.75, 3.05) is 26.2 Å². The molecule has 1 aromatic rings. The molecule has 25 heavy (non-hydrogen) atoms. The number of piperazine rings is 1. The number of aryl methyl sites for hydroxylation is 1. The Balaban J connectivity index is 0.00000225. The highest BCUT2D eigenvalue weighted by Gasteiger charge is 2.31. The molecular weight excluding hydrogens is 338 g/mol. The van der Waals surface area contributed by atoms with Gasteiger partial charge in [-0.2, -0.15) is 0 Å². The molecule has 6 heteroatoms. The van der Waals surface area contributed by atoms with Crippen LogP contribution < -0.4 is 5.73 Å². The molecule has 3 rings (SSSR count). The molecule has 0 bridgehead atoms. The van der Waals surface area contributed by atoms with Crippen molar-refractivity contribution in [3.05, 3.63) is 35.4 Å². The first-order chi connectivity index (χ1) is 11.5. The van der Waals surface area contributed by atoms with Crippen LogP contribution >= 0.6 is 12.4 Å². The molecule has 1 aliphatic heterocycles. The molecule has 1 saturated carbocycles. The van der Waals surface area contributed by atoms with Crippen LogP contribution in [0.15, 0.2) is 24.3 Å². The van der Waals surface area contributed by atoms with Crippen molar-refractivity contribution in [1.82, 2.24) is 9.80 Å². The minimum absolute atomic E-state index is 0. The molecule has 1 aliphatic carbocycles. The maximum Gasteiger partial charge on any atom is 0.253 e. The summed E-state index contributed by atoms with van der Waals surface area (Å²) in [5.41, 5.74) is 7.87. The third kappa shape index (κ3) is 4.73. The number of nitrogens with zero attached hydrogens (tertiary/aromatic N) is 2. The summed E-state index contributed by atoms with van der Waals surface area (Å²) >= 11 is 0. The molecule has 0 spiro atoms. The largest absolute Gasteiger partial charge is 0.339 e. The van der Waals surface area contributed by atoms with Crippen LogP contribution in [0.25, 0.3) is 0 Å². The van der Waals surface area contributed by atoms with E-state index in [9.17, 15) is 9.59 Å². The Morgan fingerprint density at radius 3 is 2.20 bits per heavy atom. The molecule has 1 heterocycles. The van der Waals surface area contributed by atoms with Gasteiger partial charge < -0.3 is 15.5 Å². The topological polar surface area (TPSA) is 66.6 Å². The average Bonchev–Trinajstić information content (AvgIpc) is 2.61. The van der Waals surface area contributed by atoms with E-state index in [1.165, 1.54) is 0 Å². The Hall–Kier alpha value is -1.59. The van der Waals surface area contributed by atoms with Crippen LogP contribution in [0.2, 0.25) is 0 Å². The summed E-state index contributed by atoms with van der Waals surface area (Å²) in [7, 11) is 0. The molecule has 2 fully saturated rings. The van der Waals surface area contributed by atoms with Crippen LogP contribution in [0.3, 0.4) is 0 Å². The molecule has 1 saturated heterocycles. The van der Waals surface area contributed by atoms with E-state index in [1.807, 2.05) is 41.0 Å². The third-order valence-corrected chi connectivity index (χ3v) is 5.24. The number of rotatable bonds is 2. The second-order valence-electron chi connectivity index (χ2n) is 7.11. The summed E-state index contributed by atoms with van der Waals surface area (Å²) < 4.78 is 0. The van der Waals surface area contributed by atoms with Gasteiger partial charge in [-0.1, -0.05) is 24.1 Å². The van der Waals surface area contributed by atoms with Gasteiger partial charge in [0.05, 0.1) is 0 Å². The lowest BCUT2D eigenvalue weighted by molar-refractivity contribution is -0.138.